The topological polar surface area (TPSA) is 38.3 Å². The van der Waals surface area contributed by atoms with Crippen molar-refractivity contribution < 1.29 is 13.9 Å². The Morgan fingerprint density at radius 2 is 2.25 bits per heavy atom. The fraction of sp³-hybridized carbons (Fsp3) is 0.364. The lowest BCUT2D eigenvalue weighted by atomic mass is 10.0. The average molecular weight is 244 g/mol. The van der Waals surface area contributed by atoms with E-state index in [-0.39, 0.29) is 0 Å². The molecule has 0 aromatic heterocycles. The molecule has 1 aromatic carbocycles. The van der Waals surface area contributed by atoms with Gasteiger partial charge in [-0.1, -0.05) is 17.7 Å². The number of amides is 1. The predicted octanol–water partition coefficient (Wildman–Crippen LogP) is 2.82. The van der Waals surface area contributed by atoms with Crippen LogP contribution in [0.25, 0.3) is 0 Å². The van der Waals surface area contributed by atoms with Crippen LogP contribution in [-0.2, 0) is 10.3 Å². The lowest BCUT2D eigenvalue weighted by Crippen LogP contribution is -2.35. The Bertz CT molecular complexity index is 432. The molecule has 2 rings (SSSR count). The minimum Gasteiger partial charge on any atom is -0.453 e. The number of ether oxygens (including phenoxy) is 1. The smallest absolute Gasteiger partial charge is 0.407 e. The number of carbonyl (C=O) groups is 1. The van der Waals surface area contributed by atoms with E-state index in [1.807, 2.05) is 0 Å². The summed E-state index contributed by atoms with van der Waals surface area (Å²) in [4.78, 5) is 11.1. The number of nitrogens with one attached hydrogen (secondary N) is 1. The zero-order valence-corrected chi connectivity index (χ0v) is 9.47. The van der Waals surface area contributed by atoms with E-state index in [1.54, 1.807) is 12.1 Å². The Morgan fingerprint density at radius 3 is 2.75 bits per heavy atom. The molecule has 3 nitrogen and oxygen atoms in total. The molecule has 0 spiro atoms. The average Bonchev–Trinajstić information content (AvgIpc) is 2.98. The number of hydrogen-bond donors (Lipinski definition) is 1. The van der Waals surface area contributed by atoms with Crippen molar-refractivity contribution in [1.82, 2.24) is 5.32 Å². The van der Waals surface area contributed by atoms with Crippen molar-refractivity contribution in [2.24, 2.45) is 0 Å². The molecule has 0 bridgehead atoms. The summed E-state index contributed by atoms with van der Waals surface area (Å²) in [6, 6.07) is 4.45. The third kappa shape index (κ3) is 1.97. The van der Waals surface area contributed by atoms with Gasteiger partial charge in [0.25, 0.3) is 0 Å². The number of alkyl carbamates (subject to hydrolysis) is 1. The van der Waals surface area contributed by atoms with Gasteiger partial charge in [0.2, 0.25) is 0 Å². The van der Waals surface area contributed by atoms with Gasteiger partial charge in [-0.3, -0.25) is 0 Å². The molecule has 0 unspecified atom stereocenters. The lowest BCUT2D eigenvalue weighted by molar-refractivity contribution is 0.165. The molecule has 1 fully saturated rings. The van der Waals surface area contributed by atoms with E-state index < -0.39 is 17.4 Å². The number of hydrogen-bond acceptors (Lipinski definition) is 2. The highest BCUT2D eigenvalue weighted by atomic mass is 35.5. The van der Waals surface area contributed by atoms with Crippen molar-refractivity contribution in [3.05, 3.63) is 34.6 Å². The maximum atomic E-state index is 13.7. The van der Waals surface area contributed by atoms with Crippen molar-refractivity contribution in [1.29, 1.82) is 0 Å². The molecule has 16 heavy (non-hydrogen) atoms. The Balaban J connectivity index is 2.26. The molecule has 0 heterocycles. The largest absolute Gasteiger partial charge is 0.453 e. The fourth-order valence-corrected chi connectivity index (χ4v) is 1.87. The molecular formula is C11H11ClFNO2. The van der Waals surface area contributed by atoms with Crippen LogP contribution in [0, 0.1) is 5.82 Å². The van der Waals surface area contributed by atoms with Crippen LogP contribution in [0.1, 0.15) is 18.4 Å². The van der Waals surface area contributed by atoms with E-state index in [9.17, 15) is 9.18 Å². The van der Waals surface area contributed by atoms with E-state index in [0.717, 1.165) is 0 Å². The quantitative estimate of drug-likeness (QED) is 0.868. The maximum Gasteiger partial charge on any atom is 0.407 e. The Kier molecular flexibility index (Phi) is 2.76. The van der Waals surface area contributed by atoms with E-state index in [1.165, 1.54) is 13.2 Å². The maximum absolute atomic E-state index is 13.7. The number of halogens is 2. The molecule has 0 atom stereocenters. The van der Waals surface area contributed by atoms with Gasteiger partial charge in [-0.15, -0.1) is 0 Å². The molecule has 5 heteroatoms. The van der Waals surface area contributed by atoms with Crippen LogP contribution >= 0.6 is 11.6 Å². The Labute approximate surface area is 97.5 Å². The first-order valence-corrected chi connectivity index (χ1v) is 5.27. The number of methoxy groups -OCH3 is 1. The van der Waals surface area contributed by atoms with Gasteiger partial charge in [0.05, 0.1) is 12.6 Å². The number of carbonyl (C=O) groups excluding carboxylic acids is 1. The van der Waals surface area contributed by atoms with Gasteiger partial charge in [-0.05, 0) is 25.0 Å². The van der Waals surface area contributed by atoms with Gasteiger partial charge >= 0.3 is 6.09 Å². The Morgan fingerprint density at radius 1 is 1.56 bits per heavy atom. The molecule has 1 amide bonds. The predicted molar refractivity (Wildman–Crippen MR) is 57.9 cm³/mol. The van der Waals surface area contributed by atoms with Crippen molar-refractivity contribution in [2.45, 2.75) is 18.4 Å². The second kappa shape index (κ2) is 3.94. The lowest BCUT2D eigenvalue weighted by Gasteiger charge is -2.17. The SMILES string of the molecule is COC(=O)NC1(c2ccc(Cl)cc2F)CC1. The van der Waals surface area contributed by atoms with E-state index >= 15 is 0 Å². The highest BCUT2D eigenvalue weighted by Gasteiger charge is 2.47. The molecule has 1 aromatic rings. The highest BCUT2D eigenvalue weighted by molar-refractivity contribution is 6.30. The summed E-state index contributed by atoms with van der Waals surface area (Å²) in [7, 11) is 1.28. The molecule has 0 radical (unpaired) electrons. The van der Waals surface area contributed by atoms with E-state index in [0.29, 0.717) is 23.4 Å². The molecule has 86 valence electrons. The van der Waals surface area contributed by atoms with Crippen LogP contribution in [0.5, 0.6) is 0 Å². The zero-order chi connectivity index (χ0) is 11.8. The monoisotopic (exact) mass is 243 g/mol. The molecule has 0 saturated heterocycles. The van der Waals surface area contributed by atoms with Gasteiger partial charge in [-0.25, -0.2) is 9.18 Å². The summed E-state index contributed by atoms with van der Waals surface area (Å²) in [5, 5.41) is 2.99. The first-order valence-electron chi connectivity index (χ1n) is 4.89. The minimum atomic E-state index is -0.609. The van der Waals surface area contributed by atoms with Crippen molar-refractivity contribution in [2.75, 3.05) is 7.11 Å². The highest BCUT2D eigenvalue weighted by Crippen LogP contribution is 2.46. The van der Waals surface area contributed by atoms with E-state index in [2.05, 4.69) is 10.1 Å². The molecule has 1 N–H and O–H groups in total. The van der Waals surface area contributed by atoms with Gasteiger partial charge in [0, 0.05) is 10.6 Å². The first-order chi connectivity index (χ1) is 7.57. The summed E-state index contributed by atoms with van der Waals surface area (Å²) in [6.45, 7) is 0. The summed E-state index contributed by atoms with van der Waals surface area (Å²) < 4.78 is 18.2. The number of rotatable bonds is 2. The summed E-state index contributed by atoms with van der Waals surface area (Å²) in [6.07, 6.45) is 0.869. The van der Waals surface area contributed by atoms with Gasteiger partial charge in [0.15, 0.2) is 0 Å². The van der Waals surface area contributed by atoms with Crippen LogP contribution in [0.3, 0.4) is 0 Å². The summed E-state index contributed by atoms with van der Waals surface area (Å²) in [5.74, 6) is -0.401. The minimum absolute atomic E-state index is 0.343. The third-order valence-electron chi connectivity index (χ3n) is 2.72. The molecule has 1 aliphatic rings. The Hall–Kier alpha value is -1.29. The van der Waals surface area contributed by atoms with Crippen LogP contribution in [0.15, 0.2) is 18.2 Å². The molecule has 1 saturated carbocycles. The van der Waals surface area contributed by atoms with Crippen molar-refractivity contribution in [3.63, 3.8) is 0 Å². The van der Waals surface area contributed by atoms with Crippen LogP contribution < -0.4 is 5.32 Å². The first kappa shape index (κ1) is 11.2. The van der Waals surface area contributed by atoms with Crippen molar-refractivity contribution >= 4 is 17.7 Å². The van der Waals surface area contributed by atoms with Crippen LogP contribution in [0.4, 0.5) is 9.18 Å². The zero-order valence-electron chi connectivity index (χ0n) is 8.72. The molecule has 1 aliphatic carbocycles. The standard InChI is InChI=1S/C11H11ClFNO2/c1-16-10(15)14-11(4-5-11)8-3-2-7(12)6-9(8)13/h2-3,6H,4-5H2,1H3,(H,14,15). The number of benzene rings is 1. The van der Waals surface area contributed by atoms with Gasteiger partial charge in [-0.2, -0.15) is 0 Å². The second-order valence-electron chi connectivity index (χ2n) is 3.82. The summed E-state index contributed by atoms with van der Waals surface area (Å²) in [5.41, 5.74) is -0.149. The third-order valence-corrected chi connectivity index (χ3v) is 2.96. The van der Waals surface area contributed by atoms with Crippen LogP contribution in [-0.4, -0.2) is 13.2 Å². The van der Waals surface area contributed by atoms with E-state index in [4.69, 9.17) is 11.6 Å². The summed E-state index contributed by atoms with van der Waals surface area (Å²) >= 11 is 5.67. The fourth-order valence-electron chi connectivity index (χ4n) is 1.71. The van der Waals surface area contributed by atoms with Gasteiger partial charge < -0.3 is 10.1 Å². The molecular weight excluding hydrogens is 233 g/mol. The van der Waals surface area contributed by atoms with Crippen LogP contribution in [0.2, 0.25) is 5.02 Å². The second-order valence-corrected chi connectivity index (χ2v) is 4.26. The van der Waals surface area contributed by atoms with Crippen molar-refractivity contribution in [3.8, 4) is 0 Å². The molecule has 0 aliphatic heterocycles. The normalized spacial score (nSPS) is 16.7. The van der Waals surface area contributed by atoms with Gasteiger partial charge in [0.1, 0.15) is 5.82 Å².